The number of rotatable bonds is 2. The standard InChI is InChI=1S/C9H18N2O2/c1-9(2,3)13-8(12)11(5)7-6-10-4/h6-7,10H,1-5H3/b7-6-. The first-order valence-corrected chi connectivity index (χ1v) is 4.16. The fraction of sp³-hybridized carbons (Fsp3) is 0.667. The molecule has 0 heterocycles. The summed E-state index contributed by atoms with van der Waals surface area (Å²) in [6.07, 6.45) is 2.90. The van der Waals surface area contributed by atoms with Crippen LogP contribution >= 0.6 is 0 Å². The van der Waals surface area contributed by atoms with Crippen LogP contribution in [0.5, 0.6) is 0 Å². The number of hydrogen-bond donors (Lipinski definition) is 1. The topological polar surface area (TPSA) is 41.6 Å². The maximum Gasteiger partial charge on any atom is 0.414 e. The second kappa shape index (κ2) is 4.74. The summed E-state index contributed by atoms with van der Waals surface area (Å²) in [6.45, 7) is 5.50. The summed E-state index contributed by atoms with van der Waals surface area (Å²) < 4.78 is 5.10. The van der Waals surface area contributed by atoms with Gasteiger partial charge in [-0.2, -0.15) is 0 Å². The Labute approximate surface area is 79.6 Å². The molecule has 0 fully saturated rings. The first-order chi connectivity index (χ1) is 5.87. The zero-order valence-corrected chi connectivity index (χ0v) is 8.92. The zero-order valence-electron chi connectivity index (χ0n) is 8.92. The molecule has 0 aromatic carbocycles. The van der Waals surface area contributed by atoms with E-state index in [9.17, 15) is 4.79 Å². The minimum atomic E-state index is -0.446. The Morgan fingerprint density at radius 2 is 2.00 bits per heavy atom. The van der Waals surface area contributed by atoms with Gasteiger partial charge < -0.3 is 10.1 Å². The predicted octanol–water partition coefficient (Wildman–Crippen LogP) is 1.54. The highest BCUT2D eigenvalue weighted by Crippen LogP contribution is 2.08. The van der Waals surface area contributed by atoms with Gasteiger partial charge in [0.1, 0.15) is 5.60 Å². The summed E-state index contributed by atoms with van der Waals surface area (Å²) in [5, 5.41) is 2.79. The van der Waals surface area contributed by atoms with Crippen LogP contribution < -0.4 is 5.32 Å². The van der Waals surface area contributed by atoms with E-state index in [0.717, 1.165) is 0 Å². The fourth-order valence-electron chi connectivity index (χ4n) is 0.581. The van der Waals surface area contributed by atoms with Crippen molar-refractivity contribution >= 4 is 6.09 Å². The lowest BCUT2D eigenvalue weighted by molar-refractivity contribution is 0.0371. The smallest absolute Gasteiger partial charge is 0.414 e. The van der Waals surface area contributed by atoms with Crippen molar-refractivity contribution in [3.63, 3.8) is 0 Å². The lowest BCUT2D eigenvalue weighted by Gasteiger charge is -2.22. The van der Waals surface area contributed by atoms with Gasteiger partial charge in [-0.3, -0.25) is 4.90 Å². The highest BCUT2D eigenvalue weighted by Gasteiger charge is 2.17. The molecule has 0 aromatic rings. The molecule has 0 saturated heterocycles. The van der Waals surface area contributed by atoms with Gasteiger partial charge in [0.25, 0.3) is 0 Å². The Hall–Kier alpha value is -1.19. The molecule has 0 aliphatic carbocycles. The van der Waals surface area contributed by atoms with Gasteiger partial charge in [0, 0.05) is 26.5 Å². The van der Waals surface area contributed by atoms with Crippen molar-refractivity contribution in [2.75, 3.05) is 14.1 Å². The Bertz CT molecular complexity index is 194. The summed E-state index contributed by atoms with van der Waals surface area (Å²) in [4.78, 5) is 12.7. The van der Waals surface area contributed by atoms with Gasteiger partial charge in [-0.05, 0) is 20.8 Å². The molecule has 0 aromatic heterocycles. The van der Waals surface area contributed by atoms with E-state index in [0.29, 0.717) is 0 Å². The molecule has 0 bridgehead atoms. The van der Waals surface area contributed by atoms with Crippen LogP contribution in [0.3, 0.4) is 0 Å². The van der Waals surface area contributed by atoms with Crippen LogP contribution in [0.4, 0.5) is 4.79 Å². The molecule has 0 saturated carbocycles. The quantitative estimate of drug-likeness (QED) is 0.711. The largest absolute Gasteiger partial charge is 0.443 e. The summed E-state index contributed by atoms with van der Waals surface area (Å²) in [6, 6.07) is 0. The highest BCUT2D eigenvalue weighted by molar-refractivity contribution is 5.68. The van der Waals surface area contributed by atoms with Crippen molar-refractivity contribution in [3.05, 3.63) is 12.4 Å². The third-order valence-corrected chi connectivity index (χ3v) is 1.15. The van der Waals surface area contributed by atoms with Gasteiger partial charge >= 0.3 is 6.09 Å². The summed E-state index contributed by atoms with van der Waals surface area (Å²) in [7, 11) is 3.40. The lowest BCUT2D eigenvalue weighted by atomic mass is 10.2. The average Bonchev–Trinajstić information content (AvgIpc) is 1.96. The van der Waals surface area contributed by atoms with Crippen LogP contribution in [0.25, 0.3) is 0 Å². The van der Waals surface area contributed by atoms with Crippen LogP contribution in [0.2, 0.25) is 0 Å². The molecule has 0 radical (unpaired) electrons. The number of ether oxygens (including phenoxy) is 1. The molecule has 0 rings (SSSR count). The maximum absolute atomic E-state index is 11.3. The molecule has 0 aliphatic heterocycles. The van der Waals surface area contributed by atoms with Crippen molar-refractivity contribution in [1.29, 1.82) is 0 Å². The van der Waals surface area contributed by atoms with E-state index in [2.05, 4.69) is 5.32 Å². The molecule has 13 heavy (non-hydrogen) atoms. The Morgan fingerprint density at radius 3 is 2.38 bits per heavy atom. The van der Waals surface area contributed by atoms with E-state index >= 15 is 0 Å². The van der Waals surface area contributed by atoms with Crippen LogP contribution in [0.1, 0.15) is 20.8 Å². The predicted molar refractivity (Wildman–Crippen MR) is 52.2 cm³/mol. The highest BCUT2D eigenvalue weighted by atomic mass is 16.6. The normalized spacial score (nSPS) is 11.5. The van der Waals surface area contributed by atoms with Crippen molar-refractivity contribution < 1.29 is 9.53 Å². The van der Waals surface area contributed by atoms with Crippen molar-refractivity contribution in [2.45, 2.75) is 26.4 Å². The van der Waals surface area contributed by atoms with Crippen molar-refractivity contribution in [3.8, 4) is 0 Å². The summed E-state index contributed by atoms with van der Waals surface area (Å²) in [5.74, 6) is 0. The summed E-state index contributed by atoms with van der Waals surface area (Å²) >= 11 is 0. The number of amides is 1. The molecule has 4 heteroatoms. The fourth-order valence-corrected chi connectivity index (χ4v) is 0.581. The Balaban J connectivity index is 4.04. The van der Waals surface area contributed by atoms with E-state index in [1.54, 1.807) is 26.5 Å². The van der Waals surface area contributed by atoms with E-state index < -0.39 is 5.60 Å². The second-order valence-electron chi connectivity index (χ2n) is 3.70. The second-order valence-corrected chi connectivity index (χ2v) is 3.70. The Morgan fingerprint density at radius 1 is 1.46 bits per heavy atom. The van der Waals surface area contributed by atoms with E-state index in [1.807, 2.05) is 20.8 Å². The first-order valence-electron chi connectivity index (χ1n) is 4.16. The number of carbonyl (C=O) groups is 1. The number of hydrogen-bond acceptors (Lipinski definition) is 3. The molecule has 0 unspecified atom stereocenters. The van der Waals surface area contributed by atoms with E-state index in [1.165, 1.54) is 4.90 Å². The minimum Gasteiger partial charge on any atom is -0.443 e. The van der Waals surface area contributed by atoms with Crippen LogP contribution in [-0.4, -0.2) is 30.7 Å². The molecule has 0 atom stereocenters. The SMILES string of the molecule is CN/C=C\N(C)C(=O)OC(C)(C)C. The molecule has 1 amide bonds. The number of nitrogens with zero attached hydrogens (tertiary/aromatic N) is 1. The average molecular weight is 186 g/mol. The van der Waals surface area contributed by atoms with Gasteiger partial charge in [0.2, 0.25) is 0 Å². The number of nitrogens with one attached hydrogen (secondary N) is 1. The van der Waals surface area contributed by atoms with Crippen molar-refractivity contribution in [1.82, 2.24) is 10.2 Å². The lowest BCUT2D eigenvalue weighted by Crippen LogP contribution is -2.31. The third-order valence-electron chi connectivity index (χ3n) is 1.15. The molecule has 4 nitrogen and oxygen atoms in total. The molecule has 1 N–H and O–H groups in total. The number of carbonyl (C=O) groups excluding carboxylic acids is 1. The van der Waals surface area contributed by atoms with Crippen LogP contribution in [-0.2, 0) is 4.74 Å². The maximum atomic E-state index is 11.3. The molecular formula is C9H18N2O2. The zero-order chi connectivity index (χ0) is 10.5. The first kappa shape index (κ1) is 11.8. The third kappa shape index (κ3) is 6.02. The van der Waals surface area contributed by atoms with Gasteiger partial charge in [0.05, 0.1) is 0 Å². The molecular weight excluding hydrogens is 168 g/mol. The Kier molecular flexibility index (Phi) is 4.31. The molecule has 76 valence electrons. The van der Waals surface area contributed by atoms with Gasteiger partial charge in [0.15, 0.2) is 0 Å². The van der Waals surface area contributed by atoms with Crippen LogP contribution in [0, 0.1) is 0 Å². The van der Waals surface area contributed by atoms with Gasteiger partial charge in [-0.15, -0.1) is 0 Å². The molecule has 0 aliphatic rings. The van der Waals surface area contributed by atoms with Gasteiger partial charge in [-0.1, -0.05) is 0 Å². The van der Waals surface area contributed by atoms with Crippen LogP contribution in [0.15, 0.2) is 12.4 Å². The van der Waals surface area contributed by atoms with Crippen molar-refractivity contribution in [2.24, 2.45) is 0 Å². The van der Waals surface area contributed by atoms with Gasteiger partial charge in [-0.25, -0.2) is 4.79 Å². The summed E-state index contributed by atoms with van der Waals surface area (Å²) in [5.41, 5.74) is -0.446. The van der Waals surface area contributed by atoms with E-state index in [4.69, 9.17) is 4.74 Å². The monoisotopic (exact) mass is 186 g/mol. The molecule has 0 spiro atoms. The minimum absolute atomic E-state index is 0.362. The van der Waals surface area contributed by atoms with E-state index in [-0.39, 0.29) is 6.09 Å².